The van der Waals surface area contributed by atoms with Crippen LogP contribution in [0.2, 0.25) is 0 Å². The van der Waals surface area contributed by atoms with E-state index in [1.165, 1.54) is 0 Å². The highest BCUT2D eigenvalue weighted by Crippen LogP contribution is 2.21. The van der Waals surface area contributed by atoms with Crippen LogP contribution in [0.4, 0.5) is 0 Å². The number of hydrogen-bond acceptors (Lipinski definition) is 2. The molecule has 1 aromatic carbocycles. The van der Waals surface area contributed by atoms with Crippen LogP contribution in [0.3, 0.4) is 0 Å². The molecule has 76 valence electrons. The Balaban J connectivity index is 2.35. The van der Waals surface area contributed by atoms with Crippen molar-refractivity contribution < 1.29 is 4.74 Å². The van der Waals surface area contributed by atoms with Gasteiger partial charge in [0.1, 0.15) is 5.75 Å². The molecule has 0 heterocycles. The third-order valence-corrected chi connectivity index (χ3v) is 2.79. The maximum Gasteiger partial charge on any atom is 0.153 e. The van der Waals surface area contributed by atoms with E-state index in [1.54, 1.807) is 11.8 Å². The molecule has 0 unspecified atom stereocenters. The Hall–Kier alpha value is -0.890. The van der Waals surface area contributed by atoms with Gasteiger partial charge in [-0.2, -0.15) is 0 Å². The van der Waals surface area contributed by atoms with Crippen LogP contribution in [0.5, 0.6) is 5.75 Å². The first-order chi connectivity index (χ1) is 6.68. The van der Waals surface area contributed by atoms with Gasteiger partial charge >= 0.3 is 0 Å². The number of thioether (sulfide) groups is 1. The minimum absolute atomic E-state index is 0.663. The SMILES string of the molecule is C=C(Oc1ccccc1)SCC(C)C. The maximum atomic E-state index is 5.53. The number of para-hydroxylation sites is 1. The summed E-state index contributed by atoms with van der Waals surface area (Å²) in [7, 11) is 0. The van der Waals surface area contributed by atoms with Gasteiger partial charge in [0.15, 0.2) is 5.09 Å². The van der Waals surface area contributed by atoms with Crippen molar-refractivity contribution in [3.8, 4) is 5.75 Å². The molecular formula is C12H16OS. The van der Waals surface area contributed by atoms with E-state index in [0.717, 1.165) is 16.6 Å². The van der Waals surface area contributed by atoms with Crippen molar-refractivity contribution in [3.63, 3.8) is 0 Å². The zero-order valence-corrected chi connectivity index (χ0v) is 9.51. The van der Waals surface area contributed by atoms with Gasteiger partial charge in [-0.3, -0.25) is 0 Å². The fourth-order valence-electron chi connectivity index (χ4n) is 0.909. The summed E-state index contributed by atoms with van der Waals surface area (Å²) in [5.41, 5.74) is 0. The lowest BCUT2D eigenvalue weighted by atomic mass is 10.3. The monoisotopic (exact) mass is 208 g/mol. The van der Waals surface area contributed by atoms with Crippen molar-refractivity contribution in [2.45, 2.75) is 13.8 Å². The molecule has 1 rings (SSSR count). The summed E-state index contributed by atoms with van der Waals surface area (Å²) in [6, 6.07) is 9.74. The van der Waals surface area contributed by atoms with Gasteiger partial charge in [-0.1, -0.05) is 43.8 Å². The molecule has 0 N–H and O–H groups in total. The molecule has 1 nitrogen and oxygen atoms in total. The number of hydrogen-bond donors (Lipinski definition) is 0. The molecule has 0 atom stereocenters. The van der Waals surface area contributed by atoms with Crippen LogP contribution in [0.15, 0.2) is 42.0 Å². The summed E-state index contributed by atoms with van der Waals surface area (Å²) in [6.07, 6.45) is 0. The molecule has 0 fully saturated rings. The summed E-state index contributed by atoms with van der Waals surface area (Å²) in [4.78, 5) is 0. The Morgan fingerprint density at radius 3 is 2.57 bits per heavy atom. The number of rotatable bonds is 5. The first kappa shape index (κ1) is 11.2. The molecule has 0 aliphatic rings. The Labute approximate surface area is 90.2 Å². The molecule has 0 aliphatic carbocycles. The molecule has 0 bridgehead atoms. The van der Waals surface area contributed by atoms with Crippen molar-refractivity contribution in [1.29, 1.82) is 0 Å². The lowest BCUT2D eigenvalue weighted by Crippen LogP contribution is -1.95. The van der Waals surface area contributed by atoms with Crippen molar-refractivity contribution in [1.82, 2.24) is 0 Å². The molecule has 14 heavy (non-hydrogen) atoms. The second-order valence-electron chi connectivity index (χ2n) is 3.49. The van der Waals surface area contributed by atoms with Gasteiger partial charge in [-0.05, 0) is 24.6 Å². The average Bonchev–Trinajstić information content (AvgIpc) is 2.16. The van der Waals surface area contributed by atoms with E-state index in [4.69, 9.17) is 4.74 Å². The Bertz CT molecular complexity index is 280. The summed E-state index contributed by atoms with van der Waals surface area (Å²) in [5.74, 6) is 2.57. The van der Waals surface area contributed by atoms with Gasteiger partial charge < -0.3 is 4.74 Å². The summed E-state index contributed by atoms with van der Waals surface area (Å²) in [5, 5.41) is 0.768. The standard InChI is InChI=1S/C12H16OS/c1-10(2)9-14-11(3)13-12-7-5-4-6-8-12/h4-8,10H,3,9H2,1-2H3. The van der Waals surface area contributed by atoms with Gasteiger partial charge in [0.25, 0.3) is 0 Å². The predicted molar refractivity (Wildman–Crippen MR) is 63.5 cm³/mol. The Morgan fingerprint density at radius 2 is 2.00 bits per heavy atom. The summed E-state index contributed by atoms with van der Waals surface area (Å²) in [6.45, 7) is 8.23. The third-order valence-electron chi connectivity index (χ3n) is 1.55. The van der Waals surface area contributed by atoms with Crippen molar-refractivity contribution in [2.24, 2.45) is 5.92 Å². The van der Waals surface area contributed by atoms with Crippen LogP contribution in [0, 0.1) is 5.92 Å². The second-order valence-corrected chi connectivity index (χ2v) is 4.57. The van der Waals surface area contributed by atoms with Crippen LogP contribution in [0.1, 0.15) is 13.8 Å². The predicted octanol–water partition coefficient (Wildman–Crippen LogP) is 3.93. The molecule has 0 aliphatic heterocycles. The van der Waals surface area contributed by atoms with E-state index in [2.05, 4.69) is 20.4 Å². The smallest absolute Gasteiger partial charge is 0.153 e. The molecule has 0 saturated heterocycles. The summed E-state index contributed by atoms with van der Waals surface area (Å²) < 4.78 is 5.53. The van der Waals surface area contributed by atoms with Gasteiger partial charge in [-0.15, -0.1) is 0 Å². The van der Waals surface area contributed by atoms with Crippen molar-refractivity contribution >= 4 is 11.8 Å². The minimum Gasteiger partial charge on any atom is -0.451 e. The molecule has 0 aromatic heterocycles. The highest BCUT2D eigenvalue weighted by Gasteiger charge is 2.00. The number of ether oxygens (including phenoxy) is 1. The molecule has 0 saturated carbocycles. The average molecular weight is 208 g/mol. The molecule has 0 amide bonds. The molecular weight excluding hydrogens is 192 g/mol. The normalized spacial score (nSPS) is 10.2. The van der Waals surface area contributed by atoms with Gasteiger partial charge in [0, 0.05) is 5.75 Å². The van der Waals surface area contributed by atoms with E-state index in [9.17, 15) is 0 Å². The third kappa shape index (κ3) is 4.38. The molecule has 1 aromatic rings. The van der Waals surface area contributed by atoms with E-state index >= 15 is 0 Å². The van der Waals surface area contributed by atoms with Crippen molar-refractivity contribution in [3.05, 3.63) is 42.0 Å². The lowest BCUT2D eigenvalue weighted by Gasteiger charge is -2.09. The maximum absolute atomic E-state index is 5.53. The zero-order chi connectivity index (χ0) is 10.4. The first-order valence-electron chi connectivity index (χ1n) is 4.73. The van der Waals surface area contributed by atoms with E-state index in [1.807, 2.05) is 30.3 Å². The van der Waals surface area contributed by atoms with Crippen LogP contribution in [-0.2, 0) is 0 Å². The van der Waals surface area contributed by atoms with Crippen LogP contribution < -0.4 is 4.74 Å². The van der Waals surface area contributed by atoms with Crippen LogP contribution in [-0.4, -0.2) is 5.75 Å². The fraction of sp³-hybridized carbons (Fsp3) is 0.333. The Morgan fingerprint density at radius 1 is 1.36 bits per heavy atom. The summed E-state index contributed by atoms with van der Waals surface area (Å²) >= 11 is 1.66. The molecule has 0 radical (unpaired) electrons. The lowest BCUT2D eigenvalue weighted by molar-refractivity contribution is 0.468. The second kappa shape index (κ2) is 5.76. The van der Waals surface area contributed by atoms with Gasteiger partial charge in [0.05, 0.1) is 0 Å². The highest BCUT2D eigenvalue weighted by molar-refractivity contribution is 8.02. The van der Waals surface area contributed by atoms with Crippen LogP contribution in [0.25, 0.3) is 0 Å². The van der Waals surface area contributed by atoms with E-state index in [0.29, 0.717) is 5.92 Å². The highest BCUT2D eigenvalue weighted by atomic mass is 32.2. The van der Waals surface area contributed by atoms with Crippen LogP contribution >= 0.6 is 11.8 Å². The molecule has 0 spiro atoms. The number of benzene rings is 1. The Kier molecular flexibility index (Phi) is 4.60. The topological polar surface area (TPSA) is 9.23 Å². The molecule has 2 heteroatoms. The van der Waals surface area contributed by atoms with Gasteiger partial charge in [-0.25, -0.2) is 0 Å². The van der Waals surface area contributed by atoms with E-state index in [-0.39, 0.29) is 0 Å². The quantitative estimate of drug-likeness (QED) is 0.678. The van der Waals surface area contributed by atoms with Crippen molar-refractivity contribution in [2.75, 3.05) is 5.75 Å². The van der Waals surface area contributed by atoms with Gasteiger partial charge in [0.2, 0.25) is 0 Å². The fourth-order valence-corrected chi connectivity index (χ4v) is 1.58. The zero-order valence-electron chi connectivity index (χ0n) is 8.69. The first-order valence-corrected chi connectivity index (χ1v) is 5.71. The van der Waals surface area contributed by atoms with E-state index < -0.39 is 0 Å². The largest absolute Gasteiger partial charge is 0.451 e. The minimum atomic E-state index is 0.663.